The maximum Gasteiger partial charge on any atom is 0.261 e. The Morgan fingerprint density at radius 2 is 1.70 bits per heavy atom. The molecule has 0 saturated carbocycles. The second kappa shape index (κ2) is 7.15. The lowest BCUT2D eigenvalue weighted by atomic mass is 10.1. The number of pyridine rings is 1. The van der Waals surface area contributed by atoms with Gasteiger partial charge in [0.25, 0.3) is 11.5 Å². The molecule has 1 saturated heterocycles. The van der Waals surface area contributed by atoms with Gasteiger partial charge in [0, 0.05) is 31.7 Å². The Balaban J connectivity index is 1.52. The van der Waals surface area contributed by atoms with Crippen LogP contribution in [0.2, 0.25) is 0 Å². The smallest absolute Gasteiger partial charge is 0.261 e. The maximum absolute atomic E-state index is 12.9. The van der Waals surface area contributed by atoms with Gasteiger partial charge < -0.3 is 19.5 Å². The molecule has 2 aromatic carbocycles. The number of anilines is 1. The summed E-state index contributed by atoms with van der Waals surface area (Å²) in [6.45, 7) is 2.50. The van der Waals surface area contributed by atoms with Crippen LogP contribution in [0.5, 0.6) is 5.75 Å². The highest BCUT2D eigenvalue weighted by atomic mass is 16.5. The number of fused-ring (bicyclic) bond motifs is 1. The van der Waals surface area contributed by atoms with Crippen molar-refractivity contribution in [3.8, 4) is 5.75 Å². The number of para-hydroxylation sites is 3. The van der Waals surface area contributed by atoms with Gasteiger partial charge in [0.05, 0.1) is 12.8 Å². The topological polar surface area (TPSA) is 65.6 Å². The first-order valence-corrected chi connectivity index (χ1v) is 8.96. The van der Waals surface area contributed by atoms with Crippen molar-refractivity contribution in [1.29, 1.82) is 0 Å². The fraction of sp³-hybridized carbons (Fsp3) is 0.238. The van der Waals surface area contributed by atoms with Crippen molar-refractivity contribution in [2.24, 2.45) is 0 Å². The minimum atomic E-state index is -0.342. The van der Waals surface area contributed by atoms with Crippen LogP contribution in [0.1, 0.15) is 10.4 Å². The summed E-state index contributed by atoms with van der Waals surface area (Å²) in [6, 6.07) is 17.0. The van der Waals surface area contributed by atoms with Crippen LogP contribution in [0.15, 0.2) is 59.4 Å². The molecule has 0 bridgehead atoms. The Morgan fingerprint density at radius 1 is 1.00 bits per heavy atom. The molecular formula is C21H21N3O3. The number of ether oxygens (including phenoxy) is 1. The Morgan fingerprint density at radius 3 is 2.48 bits per heavy atom. The molecule has 3 aromatic rings. The molecule has 0 unspecified atom stereocenters. The fourth-order valence-electron chi connectivity index (χ4n) is 3.52. The normalized spacial score (nSPS) is 14.4. The van der Waals surface area contributed by atoms with E-state index in [2.05, 4.69) is 9.88 Å². The van der Waals surface area contributed by atoms with E-state index in [4.69, 9.17) is 4.74 Å². The van der Waals surface area contributed by atoms with E-state index in [0.717, 1.165) is 22.3 Å². The van der Waals surface area contributed by atoms with Gasteiger partial charge >= 0.3 is 0 Å². The number of aromatic amines is 1. The quantitative estimate of drug-likeness (QED) is 0.777. The lowest BCUT2D eigenvalue weighted by molar-refractivity contribution is 0.0745. The minimum Gasteiger partial charge on any atom is -0.495 e. The van der Waals surface area contributed by atoms with Crippen LogP contribution in [-0.4, -0.2) is 49.1 Å². The van der Waals surface area contributed by atoms with E-state index in [-0.39, 0.29) is 17.0 Å². The number of benzene rings is 2. The molecule has 6 heteroatoms. The molecule has 6 nitrogen and oxygen atoms in total. The molecule has 1 aliphatic rings. The number of hydrogen-bond donors (Lipinski definition) is 1. The van der Waals surface area contributed by atoms with Crippen LogP contribution in [0.25, 0.3) is 10.9 Å². The highest BCUT2D eigenvalue weighted by molar-refractivity contribution is 5.97. The summed E-state index contributed by atoms with van der Waals surface area (Å²) >= 11 is 0. The van der Waals surface area contributed by atoms with Crippen LogP contribution in [-0.2, 0) is 0 Å². The highest BCUT2D eigenvalue weighted by Crippen LogP contribution is 2.28. The summed E-state index contributed by atoms with van der Waals surface area (Å²) in [5.74, 6) is 0.602. The molecule has 1 amide bonds. The summed E-state index contributed by atoms with van der Waals surface area (Å²) in [5.41, 5.74) is 1.61. The number of nitrogens with one attached hydrogen (secondary N) is 1. The summed E-state index contributed by atoms with van der Waals surface area (Å²) in [4.78, 5) is 32.0. The van der Waals surface area contributed by atoms with Crippen LogP contribution in [0, 0.1) is 0 Å². The van der Waals surface area contributed by atoms with Gasteiger partial charge in [-0.1, -0.05) is 30.3 Å². The first-order valence-electron chi connectivity index (χ1n) is 8.96. The molecule has 2 heterocycles. The molecule has 0 radical (unpaired) electrons. The van der Waals surface area contributed by atoms with E-state index in [0.29, 0.717) is 26.2 Å². The van der Waals surface area contributed by atoms with Gasteiger partial charge in [-0.15, -0.1) is 0 Å². The maximum atomic E-state index is 12.9. The first-order chi connectivity index (χ1) is 13.2. The van der Waals surface area contributed by atoms with Crippen molar-refractivity contribution in [3.63, 3.8) is 0 Å². The number of aromatic nitrogens is 1. The van der Waals surface area contributed by atoms with E-state index in [1.165, 1.54) is 0 Å². The average Bonchev–Trinajstić information content (AvgIpc) is 2.73. The molecular weight excluding hydrogens is 342 g/mol. The minimum absolute atomic E-state index is 0.194. The van der Waals surface area contributed by atoms with Crippen LogP contribution < -0.4 is 15.2 Å². The van der Waals surface area contributed by atoms with Crippen molar-refractivity contribution in [3.05, 3.63) is 70.5 Å². The van der Waals surface area contributed by atoms with Gasteiger partial charge in [0.15, 0.2) is 0 Å². The third-order valence-electron chi connectivity index (χ3n) is 4.98. The molecule has 1 fully saturated rings. The van der Waals surface area contributed by atoms with E-state index in [1.54, 1.807) is 18.1 Å². The van der Waals surface area contributed by atoms with Gasteiger partial charge in [-0.05, 0) is 29.7 Å². The molecule has 4 rings (SSSR count). The van der Waals surface area contributed by atoms with Crippen LogP contribution in [0.3, 0.4) is 0 Å². The largest absolute Gasteiger partial charge is 0.495 e. The molecule has 1 aliphatic heterocycles. The number of rotatable bonds is 3. The molecule has 1 aromatic heterocycles. The summed E-state index contributed by atoms with van der Waals surface area (Å²) in [5, 5.41) is 0.855. The number of methoxy groups -OCH3 is 1. The van der Waals surface area contributed by atoms with E-state index >= 15 is 0 Å². The monoisotopic (exact) mass is 363 g/mol. The van der Waals surface area contributed by atoms with E-state index in [9.17, 15) is 9.59 Å². The zero-order valence-electron chi connectivity index (χ0n) is 15.1. The number of hydrogen-bond acceptors (Lipinski definition) is 4. The lowest BCUT2D eigenvalue weighted by Gasteiger charge is -2.36. The van der Waals surface area contributed by atoms with Crippen LogP contribution >= 0.6 is 0 Å². The number of carbonyl (C=O) groups excluding carboxylic acids is 1. The fourth-order valence-corrected chi connectivity index (χ4v) is 3.52. The third-order valence-corrected chi connectivity index (χ3v) is 4.98. The van der Waals surface area contributed by atoms with Gasteiger partial charge in [-0.25, -0.2) is 0 Å². The Kier molecular flexibility index (Phi) is 4.54. The van der Waals surface area contributed by atoms with Gasteiger partial charge in [0.1, 0.15) is 11.3 Å². The van der Waals surface area contributed by atoms with E-state index < -0.39 is 0 Å². The molecule has 0 atom stereocenters. The van der Waals surface area contributed by atoms with Gasteiger partial charge in [-0.3, -0.25) is 9.59 Å². The molecule has 1 N–H and O–H groups in total. The number of nitrogens with zero attached hydrogens (tertiary/aromatic N) is 2. The summed E-state index contributed by atoms with van der Waals surface area (Å²) in [7, 11) is 1.66. The molecule has 0 spiro atoms. The van der Waals surface area contributed by atoms with Crippen molar-refractivity contribution in [2.45, 2.75) is 0 Å². The van der Waals surface area contributed by atoms with E-state index in [1.807, 2.05) is 48.5 Å². The molecule has 138 valence electrons. The van der Waals surface area contributed by atoms with Gasteiger partial charge in [-0.2, -0.15) is 0 Å². The lowest BCUT2D eigenvalue weighted by Crippen LogP contribution is -2.49. The summed E-state index contributed by atoms with van der Waals surface area (Å²) < 4.78 is 5.43. The predicted octanol–water partition coefficient (Wildman–Crippen LogP) is 2.50. The third kappa shape index (κ3) is 3.26. The van der Waals surface area contributed by atoms with Crippen molar-refractivity contribution in [1.82, 2.24) is 9.88 Å². The second-order valence-electron chi connectivity index (χ2n) is 6.55. The van der Waals surface area contributed by atoms with Gasteiger partial charge in [0.2, 0.25) is 0 Å². The zero-order valence-corrected chi connectivity index (χ0v) is 15.1. The number of H-pyrrole nitrogens is 1. The Hall–Kier alpha value is -3.28. The standard InChI is InChI=1S/C21H21N3O3/c1-27-19-9-5-4-8-18(19)23-10-12-24(13-11-23)21(26)16-14-15-6-2-3-7-17(15)22-20(16)25/h2-9,14H,10-13H2,1H3,(H,22,25). The van der Waals surface area contributed by atoms with Crippen LogP contribution in [0.4, 0.5) is 5.69 Å². The summed E-state index contributed by atoms with van der Waals surface area (Å²) in [6.07, 6.45) is 0. The average molecular weight is 363 g/mol. The second-order valence-corrected chi connectivity index (χ2v) is 6.55. The number of piperazine rings is 1. The Bertz CT molecular complexity index is 1040. The highest BCUT2D eigenvalue weighted by Gasteiger charge is 2.25. The Labute approximate surface area is 157 Å². The number of carbonyl (C=O) groups is 1. The van der Waals surface area contributed by atoms with Crippen molar-refractivity contribution in [2.75, 3.05) is 38.2 Å². The molecule has 27 heavy (non-hydrogen) atoms. The van der Waals surface area contributed by atoms with Crippen molar-refractivity contribution >= 4 is 22.5 Å². The van der Waals surface area contributed by atoms with Crippen molar-refractivity contribution < 1.29 is 9.53 Å². The molecule has 0 aliphatic carbocycles. The number of amides is 1. The predicted molar refractivity (Wildman–Crippen MR) is 106 cm³/mol. The SMILES string of the molecule is COc1ccccc1N1CCN(C(=O)c2cc3ccccc3[nH]c2=O)CC1. The zero-order chi connectivity index (χ0) is 18.8. The first kappa shape index (κ1) is 17.1.